The van der Waals surface area contributed by atoms with Crippen LogP contribution in [0.1, 0.15) is 33.3 Å². The molecule has 4 heteroatoms. The molecule has 23 heavy (non-hydrogen) atoms. The van der Waals surface area contributed by atoms with E-state index >= 15 is 0 Å². The van der Waals surface area contributed by atoms with Crippen LogP contribution < -0.4 is 0 Å². The molecule has 0 fully saturated rings. The van der Waals surface area contributed by atoms with Crippen molar-refractivity contribution in [3.63, 3.8) is 0 Å². The third-order valence-corrected chi connectivity index (χ3v) is 4.96. The van der Waals surface area contributed by atoms with Gasteiger partial charge in [0.05, 0.1) is 0 Å². The van der Waals surface area contributed by atoms with E-state index in [1.165, 1.54) is 16.0 Å². The van der Waals surface area contributed by atoms with Crippen LogP contribution in [0.2, 0.25) is 0 Å². The standard InChI is InChI=1S/C19H23N3S/c1-6-23-16-10-8-7-9-14(16)17-21-15-11-13(19(2,3)4)12-20-18(15)22(17)5/h7-12H,6H2,1-5H3. The van der Waals surface area contributed by atoms with Crippen LogP contribution >= 0.6 is 11.8 Å². The van der Waals surface area contributed by atoms with E-state index in [4.69, 9.17) is 4.98 Å². The fourth-order valence-corrected chi connectivity index (χ4v) is 3.46. The lowest BCUT2D eigenvalue weighted by atomic mass is 9.88. The molecule has 0 amide bonds. The highest BCUT2D eigenvalue weighted by Crippen LogP contribution is 2.32. The largest absolute Gasteiger partial charge is 0.312 e. The zero-order chi connectivity index (χ0) is 16.6. The summed E-state index contributed by atoms with van der Waals surface area (Å²) >= 11 is 1.85. The number of aryl methyl sites for hydroxylation is 1. The molecule has 3 nitrogen and oxygen atoms in total. The van der Waals surface area contributed by atoms with Gasteiger partial charge in [-0.15, -0.1) is 11.8 Å². The molecule has 0 saturated heterocycles. The minimum atomic E-state index is 0.0782. The molecular weight excluding hydrogens is 302 g/mol. The van der Waals surface area contributed by atoms with Crippen molar-refractivity contribution in [2.24, 2.45) is 7.05 Å². The Morgan fingerprint density at radius 2 is 1.91 bits per heavy atom. The normalized spacial score (nSPS) is 12.0. The van der Waals surface area contributed by atoms with Gasteiger partial charge in [-0.1, -0.05) is 45.9 Å². The van der Waals surface area contributed by atoms with E-state index in [9.17, 15) is 0 Å². The van der Waals surface area contributed by atoms with Crippen molar-refractivity contribution in [1.29, 1.82) is 0 Å². The van der Waals surface area contributed by atoms with Gasteiger partial charge in [0.15, 0.2) is 5.65 Å². The number of rotatable bonds is 3. The zero-order valence-electron chi connectivity index (χ0n) is 14.4. The van der Waals surface area contributed by atoms with E-state index in [2.05, 4.69) is 67.6 Å². The summed E-state index contributed by atoms with van der Waals surface area (Å²) in [5.41, 5.74) is 4.37. The first-order valence-corrected chi connectivity index (χ1v) is 8.95. The summed E-state index contributed by atoms with van der Waals surface area (Å²) in [7, 11) is 2.04. The van der Waals surface area contributed by atoms with Crippen molar-refractivity contribution in [2.45, 2.75) is 38.0 Å². The molecule has 2 heterocycles. The highest BCUT2D eigenvalue weighted by atomic mass is 32.2. The molecule has 120 valence electrons. The molecular formula is C19H23N3S. The van der Waals surface area contributed by atoms with Crippen molar-refractivity contribution in [3.8, 4) is 11.4 Å². The monoisotopic (exact) mass is 325 g/mol. The first kappa shape index (κ1) is 16.1. The van der Waals surface area contributed by atoms with Crippen molar-refractivity contribution >= 4 is 22.9 Å². The number of fused-ring (bicyclic) bond motifs is 1. The molecule has 0 aliphatic heterocycles. The maximum atomic E-state index is 4.89. The first-order valence-electron chi connectivity index (χ1n) is 7.97. The van der Waals surface area contributed by atoms with Gasteiger partial charge in [-0.25, -0.2) is 9.97 Å². The molecule has 0 unspecified atom stereocenters. The van der Waals surface area contributed by atoms with Gasteiger partial charge in [-0.2, -0.15) is 0 Å². The Bertz CT molecular complexity index is 843. The van der Waals surface area contributed by atoms with Crippen LogP contribution in [0.3, 0.4) is 0 Å². The van der Waals surface area contributed by atoms with Gasteiger partial charge in [0.25, 0.3) is 0 Å². The third kappa shape index (κ3) is 3.00. The Hall–Kier alpha value is -1.81. The average Bonchev–Trinajstić information content (AvgIpc) is 2.84. The van der Waals surface area contributed by atoms with Crippen molar-refractivity contribution in [3.05, 3.63) is 42.1 Å². The lowest BCUT2D eigenvalue weighted by Crippen LogP contribution is -2.11. The fraction of sp³-hybridized carbons (Fsp3) is 0.368. The summed E-state index contributed by atoms with van der Waals surface area (Å²) in [4.78, 5) is 10.8. The van der Waals surface area contributed by atoms with Gasteiger partial charge in [0.2, 0.25) is 0 Å². The van der Waals surface area contributed by atoms with Gasteiger partial charge in [-0.3, -0.25) is 0 Å². The van der Waals surface area contributed by atoms with Crippen LogP contribution in [-0.2, 0) is 12.5 Å². The number of hydrogen-bond acceptors (Lipinski definition) is 3. The molecule has 0 spiro atoms. The van der Waals surface area contributed by atoms with E-state index in [0.29, 0.717) is 0 Å². The van der Waals surface area contributed by atoms with Crippen molar-refractivity contribution in [2.75, 3.05) is 5.75 Å². The van der Waals surface area contributed by atoms with Crippen LogP contribution in [0.15, 0.2) is 41.4 Å². The van der Waals surface area contributed by atoms with E-state index in [0.717, 1.165) is 22.7 Å². The molecule has 0 radical (unpaired) electrons. The summed E-state index contributed by atoms with van der Waals surface area (Å²) in [5.74, 6) is 2.03. The van der Waals surface area contributed by atoms with Gasteiger partial charge in [0.1, 0.15) is 11.3 Å². The van der Waals surface area contributed by atoms with Crippen molar-refractivity contribution in [1.82, 2.24) is 14.5 Å². The second kappa shape index (κ2) is 6.00. The molecule has 0 bridgehead atoms. The number of thioether (sulfide) groups is 1. The van der Waals surface area contributed by atoms with E-state index in [1.807, 2.05) is 25.0 Å². The zero-order valence-corrected chi connectivity index (χ0v) is 15.2. The van der Waals surface area contributed by atoms with Gasteiger partial charge >= 0.3 is 0 Å². The third-order valence-electron chi connectivity index (χ3n) is 4.00. The minimum absolute atomic E-state index is 0.0782. The Morgan fingerprint density at radius 1 is 1.17 bits per heavy atom. The smallest absolute Gasteiger partial charge is 0.160 e. The van der Waals surface area contributed by atoms with Gasteiger partial charge in [-0.05, 0) is 28.9 Å². The Kier molecular flexibility index (Phi) is 4.19. The summed E-state index contributed by atoms with van der Waals surface area (Å²) in [5, 5.41) is 0. The molecule has 3 rings (SSSR count). The van der Waals surface area contributed by atoms with Crippen LogP contribution in [0.25, 0.3) is 22.6 Å². The SMILES string of the molecule is CCSc1ccccc1-c1nc2cc(C(C)(C)C)cnc2n1C. The predicted molar refractivity (Wildman–Crippen MR) is 99.0 cm³/mol. The Labute approximate surface area is 142 Å². The average molecular weight is 325 g/mol. The summed E-state index contributed by atoms with van der Waals surface area (Å²) < 4.78 is 2.09. The quantitative estimate of drug-likeness (QED) is 0.632. The molecule has 0 aliphatic rings. The maximum absolute atomic E-state index is 4.89. The number of imidazole rings is 1. The molecule has 2 aromatic heterocycles. The molecule has 1 aromatic carbocycles. The highest BCUT2D eigenvalue weighted by Gasteiger charge is 2.18. The minimum Gasteiger partial charge on any atom is -0.312 e. The first-order chi connectivity index (χ1) is 10.9. The molecule has 0 N–H and O–H groups in total. The Balaban J connectivity index is 2.18. The van der Waals surface area contributed by atoms with Gasteiger partial charge < -0.3 is 4.57 Å². The number of nitrogens with zero attached hydrogens (tertiary/aromatic N) is 3. The summed E-state index contributed by atoms with van der Waals surface area (Å²) in [6.07, 6.45) is 1.97. The predicted octanol–water partition coefficient (Wildman–Crippen LogP) is 5.04. The lowest BCUT2D eigenvalue weighted by Gasteiger charge is -2.17. The summed E-state index contributed by atoms with van der Waals surface area (Å²) in [6, 6.07) is 10.6. The van der Waals surface area contributed by atoms with Crippen LogP contribution in [-0.4, -0.2) is 20.3 Å². The van der Waals surface area contributed by atoms with E-state index < -0.39 is 0 Å². The second-order valence-electron chi connectivity index (χ2n) is 6.74. The van der Waals surface area contributed by atoms with E-state index in [1.54, 1.807) is 0 Å². The molecule has 0 saturated carbocycles. The maximum Gasteiger partial charge on any atom is 0.160 e. The lowest BCUT2D eigenvalue weighted by molar-refractivity contribution is 0.588. The molecule has 3 aromatic rings. The number of pyridine rings is 1. The van der Waals surface area contributed by atoms with Crippen LogP contribution in [0.5, 0.6) is 0 Å². The fourth-order valence-electron chi connectivity index (χ4n) is 2.66. The number of benzene rings is 1. The number of aromatic nitrogens is 3. The van der Waals surface area contributed by atoms with Crippen LogP contribution in [0, 0.1) is 0 Å². The second-order valence-corrected chi connectivity index (χ2v) is 8.05. The van der Waals surface area contributed by atoms with Crippen molar-refractivity contribution < 1.29 is 0 Å². The van der Waals surface area contributed by atoms with Gasteiger partial charge in [0, 0.05) is 23.7 Å². The van der Waals surface area contributed by atoms with E-state index in [-0.39, 0.29) is 5.41 Å². The summed E-state index contributed by atoms with van der Waals surface area (Å²) in [6.45, 7) is 8.78. The van der Waals surface area contributed by atoms with Crippen LogP contribution in [0.4, 0.5) is 0 Å². The Morgan fingerprint density at radius 3 is 2.61 bits per heavy atom. The number of hydrogen-bond donors (Lipinski definition) is 0. The molecule has 0 aliphatic carbocycles. The molecule has 0 atom stereocenters. The topological polar surface area (TPSA) is 30.7 Å². The highest BCUT2D eigenvalue weighted by molar-refractivity contribution is 7.99.